The van der Waals surface area contributed by atoms with Crippen molar-refractivity contribution in [2.75, 3.05) is 20.2 Å². The van der Waals surface area contributed by atoms with E-state index in [1.807, 2.05) is 13.0 Å². The quantitative estimate of drug-likeness (QED) is 0.744. The lowest BCUT2D eigenvalue weighted by atomic mass is 9.78. The van der Waals surface area contributed by atoms with E-state index in [4.69, 9.17) is 4.74 Å². The van der Waals surface area contributed by atoms with Crippen molar-refractivity contribution >= 4 is 11.8 Å². The maximum Gasteiger partial charge on any atom is 0.274 e. The van der Waals surface area contributed by atoms with Crippen molar-refractivity contribution in [3.05, 3.63) is 30.1 Å². The molecule has 3 heterocycles. The summed E-state index contributed by atoms with van der Waals surface area (Å²) in [5.41, 5.74) is 1.53. The van der Waals surface area contributed by atoms with Crippen LogP contribution in [0.15, 0.2) is 24.4 Å². The highest BCUT2D eigenvalue weighted by Gasteiger charge is 2.39. The second kappa shape index (κ2) is 9.30. The molecule has 2 N–H and O–H groups in total. The summed E-state index contributed by atoms with van der Waals surface area (Å²) in [6.07, 6.45) is 7.47. The Balaban J connectivity index is 1.34. The molecule has 1 aliphatic carbocycles. The fourth-order valence-corrected chi connectivity index (χ4v) is 4.62. The minimum atomic E-state index is -0.426. The third-order valence-corrected chi connectivity index (χ3v) is 7.11. The number of amides is 2. The number of carbonyl (C=O) groups is 2. The first-order chi connectivity index (χ1) is 15.4. The molecule has 0 spiro atoms. The zero-order chi connectivity index (χ0) is 22.7. The molecular formula is C24H33N5O3. The molecular weight excluding hydrogens is 406 g/mol. The molecule has 0 aromatic carbocycles. The molecule has 2 fully saturated rings. The molecule has 1 saturated heterocycles. The molecule has 8 nitrogen and oxygen atoms in total. The minimum Gasteiger partial charge on any atom is -0.481 e. The molecule has 1 aliphatic heterocycles. The monoisotopic (exact) mass is 439 g/mol. The fraction of sp³-hybridized carbons (Fsp3) is 0.583. The largest absolute Gasteiger partial charge is 0.481 e. The normalized spacial score (nSPS) is 22.9. The van der Waals surface area contributed by atoms with Crippen LogP contribution < -0.4 is 10.1 Å². The Hall–Kier alpha value is -2.90. The molecule has 8 heteroatoms. The number of nitrogens with one attached hydrogen (secondary N) is 2. The summed E-state index contributed by atoms with van der Waals surface area (Å²) in [5.74, 6) is 1.28. The predicted octanol–water partition coefficient (Wildman–Crippen LogP) is 3.42. The molecule has 2 aromatic heterocycles. The van der Waals surface area contributed by atoms with E-state index in [2.05, 4.69) is 27.4 Å². The van der Waals surface area contributed by atoms with Gasteiger partial charge in [0.15, 0.2) is 5.69 Å². The standard InChI is InChI=1S/C24H33N5O3/c1-16-4-6-18(7-5-16)26-23(31)24(2)9-12-29(13-10-24)22(30)20-15-19(27-28-20)17-8-11-25-21(14-17)32-3/h8,11,14-16,18H,4-7,9-10,12-13H2,1-3H3,(H,26,31)(H,27,28). The molecule has 0 radical (unpaired) electrons. The van der Waals surface area contributed by atoms with Gasteiger partial charge in [-0.25, -0.2) is 4.98 Å². The third kappa shape index (κ3) is 4.79. The van der Waals surface area contributed by atoms with Crippen molar-refractivity contribution in [1.82, 2.24) is 25.4 Å². The van der Waals surface area contributed by atoms with Crippen LogP contribution in [0.25, 0.3) is 11.3 Å². The van der Waals surface area contributed by atoms with Crippen LogP contribution in [-0.4, -0.2) is 58.1 Å². The average Bonchev–Trinajstić information content (AvgIpc) is 3.31. The molecule has 172 valence electrons. The Morgan fingerprint density at radius 3 is 2.59 bits per heavy atom. The van der Waals surface area contributed by atoms with E-state index in [1.54, 1.807) is 30.3 Å². The summed E-state index contributed by atoms with van der Waals surface area (Å²) < 4.78 is 5.16. The first-order valence-corrected chi connectivity index (χ1v) is 11.5. The molecule has 2 aromatic rings. The van der Waals surface area contributed by atoms with Gasteiger partial charge >= 0.3 is 0 Å². The van der Waals surface area contributed by atoms with Gasteiger partial charge in [0.25, 0.3) is 5.91 Å². The molecule has 2 aliphatic rings. The van der Waals surface area contributed by atoms with E-state index in [9.17, 15) is 9.59 Å². The number of hydrogen-bond acceptors (Lipinski definition) is 5. The van der Waals surface area contributed by atoms with Crippen molar-refractivity contribution in [3.8, 4) is 17.1 Å². The van der Waals surface area contributed by atoms with E-state index in [1.165, 1.54) is 12.8 Å². The molecule has 1 saturated carbocycles. The summed E-state index contributed by atoms with van der Waals surface area (Å²) >= 11 is 0. The van der Waals surface area contributed by atoms with Crippen molar-refractivity contribution in [2.24, 2.45) is 11.3 Å². The Kier molecular flexibility index (Phi) is 6.48. The van der Waals surface area contributed by atoms with Crippen LogP contribution in [0, 0.1) is 11.3 Å². The Morgan fingerprint density at radius 2 is 1.91 bits per heavy atom. The number of methoxy groups -OCH3 is 1. The van der Waals surface area contributed by atoms with E-state index >= 15 is 0 Å². The first kappa shape index (κ1) is 22.3. The molecule has 32 heavy (non-hydrogen) atoms. The highest BCUT2D eigenvalue weighted by Crippen LogP contribution is 2.33. The average molecular weight is 440 g/mol. The second-order valence-corrected chi connectivity index (χ2v) is 9.54. The van der Waals surface area contributed by atoms with Gasteiger partial charge in [-0.05, 0) is 56.6 Å². The van der Waals surface area contributed by atoms with Gasteiger partial charge in [-0.1, -0.05) is 13.8 Å². The Labute approximate surface area is 189 Å². The zero-order valence-electron chi connectivity index (χ0n) is 19.2. The Bertz CT molecular complexity index is 956. The van der Waals surface area contributed by atoms with E-state index in [0.29, 0.717) is 43.5 Å². The van der Waals surface area contributed by atoms with Crippen LogP contribution in [0.4, 0.5) is 0 Å². The van der Waals surface area contributed by atoms with E-state index in [0.717, 1.165) is 30.0 Å². The van der Waals surface area contributed by atoms with Gasteiger partial charge in [-0.2, -0.15) is 5.10 Å². The lowest BCUT2D eigenvalue weighted by Gasteiger charge is -2.39. The van der Waals surface area contributed by atoms with Gasteiger partial charge in [0.2, 0.25) is 11.8 Å². The van der Waals surface area contributed by atoms with Gasteiger partial charge in [0, 0.05) is 42.4 Å². The summed E-state index contributed by atoms with van der Waals surface area (Å²) in [6, 6.07) is 5.67. The SMILES string of the molecule is COc1cc(-c2cc(C(=O)N3CCC(C)(C(=O)NC4CCC(C)CC4)CC3)n[nH]2)ccn1. The van der Waals surface area contributed by atoms with Crippen LogP contribution in [0.5, 0.6) is 5.88 Å². The maximum absolute atomic E-state index is 13.0. The molecule has 2 amide bonds. The Morgan fingerprint density at radius 1 is 1.19 bits per heavy atom. The lowest BCUT2D eigenvalue weighted by Crippen LogP contribution is -2.51. The number of nitrogens with zero attached hydrogens (tertiary/aromatic N) is 3. The molecule has 0 bridgehead atoms. The number of carbonyl (C=O) groups excluding carboxylic acids is 2. The predicted molar refractivity (Wildman–Crippen MR) is 121 cm³/mol. The van der Waals surface area contributed by atoms with Crippen LogP contribution in [-0.2, 0) is 4.79 Å². The molecule has 0 atom stereocenters. The first-order valence-electron chi connectivity index (χ1n) is 11.5. The number of rotatable bonds is 5. The third-order valence-electron chi connectivity index (χ3n) is 7.11. The van der Waals surface area contributed by atoms with Crippen molar-refractivity contribution < 1.29 is 14.3 Å². The zero-order valence-corrected chi connectivity index (χ0v) is 19.2. The number of likely N-dealkylation sites (tertiary alicyclic amines) is 1. The molecule has 4 rings (SSSR count). The summed E-state index contributed by atoms with van der Waals surface area (Å²) in [5, 5.41) is 10.4. The number of pyridine rings is 1. The maximum atomic E-state index is 13.0. The molecule has 0 unspecified atom stereocenters. The second-order valence-electron chi connectivity index (χ2n) is 9.54. The number of hydrogen-bond donors (Lipinski definition) is 2. The van der Waals surface area contributed by atoms with Crippen molar-refractivity contribution in [2.45, 2.75) is 58.4 Å². The van der Waals surface area contributed by atoms with Crippen LogP contribution in [0.3, 0.4) is 0 Å². The number of piperidine rings is 1. The van der Waals surface area contributed by atoms with E-state index in [-0.39, 0.29) is 11.8 Å². The highest BCUT2D eigenvalue weighted by molar-refractivity contribution is 5.93. The van der Waals surface area contributed by atoms with Gasteiger partial charge < -0.3 is 15.0 Å². The minimum absolute atomic E-state index is 0.114. The van der Waals surface area contributed by atoms with Gasteiger partial charge in [0.1, 0.15) is 0 Å². The summed E-state index contributed by atoms with van der Waals surface area (Å²) in [4.78, 5) is 31.9. The summed E-state index contributed by atoms with van der Waals surface area (Å²) in [6.45, 7) is 5.41. The van der Waals surface area contributed by atoms with E-state index < -0.39 is 5.41 Å². The van der Waals surface area contributed by atoms with Gasteiger partial charge in [-0.15, -0.1) is 0 Å². The van der Waals surface area contributed by atoms with Crippen LogP contribution in [0.2, 0.25) is 0 Å². The highest BCUT2D eigenvalue weighted by atomic mass is 16.5. The number of ether oxygens (including phenoxy) is 1. The van der Waals surface area contributed by atoms with Crippen molar-refractivity contribution in [3.63, 3.8) is 0 Å². The smallest absolute Gasteiger partial charge is 0.274 e. The lowest BCUT2D eigenvalue weighted by molar-refractivity contribution is -0.133. The number of aromatic amines is 1. The number of aromatic nitrogens is 3. The fourth-order valence-electron chi connectivity index (χ4n) is 4.62. The van der Waals surface area contributed by atoms with Crippen LogP contribution in [0.1, 0.15) is 62.9 Å². The van der Waals surface area contributed by atoms with Gasteiger partial charge in [0.05, 0.1) is 12.8 Å². The van der Waals surface area contributed by atoms with Gasteiger partial charge in [-0.3, -0.25) is 14.7 Å². The summed E-state index contributed by atoms with van der Waals surface area (Å²) in [7, 11) is 1.56. The number of H-pyrrole nitrogens is 1. The van der Waals surface area contributed by atoms with Crippen LogP contribution >= 0.6 is 0 Å². The topological polar surface area (TPSA) is 100 Å². The van der Waals surface area contributed by atoms with Crippen molar-refractivity contribution in [1.29, 1.82) is 0 Å².